The SMILES string of the molecule is CCOC1CCCN(C(=O)CCNC(=O)C23CC4CC(CC(C4)C2)C3)C1. The number of piperidine rings is 1. The van der Waals surface area contributed by atoms with Crippen molar-refractivity contribution in [2.75, 3.05) is 26.2 Å². The Morgan fingerprint density at radius 2 is 1.77 bits per heavy atom. The average molecular weight is 363 g/mol. The second-order valence-electron chi connectivity index (χ2n) is 9.26. The highest BCUT2D eigenvalue weighted by molar-refractivity contribution is 5.84. The van der Waals surface area contributed by atoms with Crippen LogP contribution in [0.15, 0.2) is 0 Å². The fourth-order valence-corrected chi connectivity index (χ4v) is 6.55. The number of carbonyl (C=O) groups is 2. The molecule has 146 valence electrons. The number of nitrogens with one attached hydrogen (secondary N) is 1. The Labute approximate surface area is 157 Å². The fraction of sp³-hybridized carbons (Fsp3) is 0.905. The van der Waals surface area contributed by atoms with Crippen LogP contribution in [0.2, 0.25) is 0 Å². The normalized spacial score (nSPS) is 38.4. The van der Waals surface area contributed by atoms with Gasteiger partial charge in [-0.2, -0.15) is 0 Å². The first kappa shape index (κ1) is 18.3. The van der Waals surface area contributed by atoms with Gasteiger partial charge in [-0.05, 0) is 76.0 Å². The first-order chi connectivity index (χ1) is 12.6. The van der Waals surface area contributed by atoms with Crippen LogP contribution < -0.4 is 5.32 Å². The van der Waals surface area contributed by atoms with E-state index in [2.05, 4.69) is 5.32 Å². The van der Waals surface area contributed by atoms with E-state index in [1.807, 2.05) is 11.8 Å². The van der Waals surface area contributed by atoms with Gasteiger partial charge in [0.1, 0.15) is 0 Å². The molecule has 4 bridgehead atoms. The Morgan fingerprint density at radius 1 is 1.12 bits per heavy atom. The summed E-state index contributed by atoms with van der Waals surface area (Å²) in [6, 6.07) is 0. The standard InChI is InChI=1S/C21H34N2O3/c1-2-26-18-4-3-7-23(14-18)19(24)5-6-22-20(25)21-11-15-8-16(12-21)10-17(9-15)13-21/h15-18H,2-14H2,1H3,(H,22,25). The highest BCUT2D eigenvalue weighted by Crippen LogP contribution is 2.60. The number of carbonyl (C=O) groups excluding carboxylic acids is 2. The lowest BCUT2D eigenvalue weighted by atomic mass is 9.49. The largest absolute Gasteiger partial charge is 0.377 e. The van der Waals surface area contributed by atoms with Crippen LogP contribution in [0.5, 0.6) is 0 Å². The van der Waals surface area contributed by atoms with Crippen LogP contribution >= 0.6 is 0 Å². The van der Waals surface area contributed by atoms with Crippen LogP contribution in [-0.2, 0) is 14.3 Å². The number of hydrogen-bond donors (Lipinski definition) is 1. The van der Waals surface area contributed by atoms with Crippen molar-refractivity contribution in [1.29, 1.82) is 0 Å². The molecule has 1 atom stereocenters. The molecular weight excluding hydrogens is 328 g/mol. The third kappa shape index (κ3) is 3.64. The molecule has 5 heteroatoms. The number of amides is 2. The van der Waals surface area contributed by atoms with E-state index in [1.165, 1.54) is 19.3 Å². The van der Waals surface area contributed by atoms with Crippen molar-refractivity contribution >= 4 is 11.8 Å². The van der Waals surface area contributed by atoms with Gasteiger partial charge < -0.3 is 15.0 Å². The van der Waals surface area contributed by atoms with Gasteiger partial charge in [-0.3, -0.25) is 9.59 Å². The van der Waals surface area contributed by atoms with Gasteiger partial charge in [-0.25, -0.2) is 0 Å². The molecule has 2 amide bonds. The highest BCUT2D eigenvalue weighted by Gasteiger charge is 2.54. The van der Waals surface area contributed by atoms with E-state index in [1.54, 1.807) is 0 Å². The Morgan fingerprint density at radius 3 is 2.38 bits per heavy atom. The van der Waals surface area contributed by atoms with Crippen LogP contribution in [0.3, 0.4) is 0 Å². The summed E-state index contributed by atoms with van der Waals surface area (Å²) in [4.78, 5) is 27.3. The second kappa shape index (κ2) is 7.49. The van der Waals surface area contributed by atoms with E-state index in [4.69, 9.17) is 4.74 Å². The summed E-state index contributed by atoms with van der Waals surface area (Å²) >= 11 is 0. The zero-order chi connectivity index (χ0) is 18.1. The van der Waals surface area contributed by atoms with Crippen molar-refractivity contribution in [2.45, 2.75) is 70.8 Å². The van der Waals surface area contributed by atoms with Gasteiger partial charge >= 0.3 is 0 Å². The summed E-state index contributed by atoms with van der Waals surface area (Å²) < 4.78 is 5.68. The molecule has 1 aliphatic heterocycles. The maximum atomic E-state index is 12.9. The molecule has 0 radical (unpaired) electrons. The van der Waals surface area contributed by atoms with Crippen LogP contribution in [0.1, 0.15) is 64.7 Å². The number of likely N-dealkylation sites (tertiary alicyclic amines) is 1. The molecule has 1 saturated heterocycles. The number of ether oxygens (including phenoxy) is 1. The summed E-state index contributed by atoms with van der Waals surface area (Å²) in [7, 11) is 0. The molecule has 5 rings (SSSR count). The van der Waals surface area contributed by atoms with E-state index in [0.29, 0.717) is 26.1 Å². The third-order valence-electron chi connectivity index (χ3n) is 7.28. The summed E-state index contributed by atoms with van der Waals surface area (Å²) in [5, 5.41) is 3.13. The molecule has 5 aliphatic rings. The Hall–Kier alpha value is -1.10. The first-order valence-corrected chi connectivity index (χ1v) is 10.8. The minimum atomic E-state index is -0.108. The quantitative estimate of drug-likeness (QED) is 0.790. The molecule has 1 heterocycles. The molecule has 0 aromatic rings. The topological polar surface area (TPSA) is 58.6 Å². The van der Waals surface area contributed by atoms with Gasteiger partial charge in [-0.15, -0.1) is 0 Å². The lowest BCUT2D eigenvalue weighted by Crippen LogP contribution is -2.54. The Balaban J connectivity index is 1.24. The summed E-state index contributed by atoms with van der Waals surface area (Å²) in [6.07, 6.45) is 9.94. The highest BCUT2D eigenvalue weighted by atomic mass is 16.5. The first-order valence-electron chi connectivity index (χ1n) is 10.8. The molecule has 5 fully saturated rings. The van der Waals surface area contributed by atoms with Crippen LogP contribution in [-0.4, -0.2) is 49.1 Å². The number of rotatable bonds is 6. The molecule has 4 saturated carbocycles. The lowest BCUT2D eigenvalue weighted by Gasteiger charge is -2.55. The molecule has 0 spiro atoms. The van der Waals surface area contributed by atoms with E-state index < -0.39 is 0 Å². The van der Waals surface area contributed by atoms with Gasteiger partial charge in [0, 0.05) is 38.1 Å². The molecule has 26 heavy (non-hydrogen) atoms. The van der Waals surface area contributed by atoms with Crippen molar-refractivity contribution in [3.8, 4) is 0 Å². The van der Waals surface area contributed by atoms with E-state index in [0.717, 1.165) is 56.4 Å². The number of hydrogen-bond acceptors (Lipinski definition) is 3. The Bertz CT molecular complexity index is 510. The van der Waals surface area contributed by atoms with Crippen molar-refractivity contribution in [1.82, 2.24) is 10.2 Å². The van der Waals surface area contributed by atoms with Crippen LogP contribution in [0, 0.1) is 23.2 Å². The van der Waals surface area contributed by atoms with E-state index >= 15 is 0 Å². The lowest BCUT2D eigenvalue weighted by molar-refractivity contribution is -0.146. The summed E-state index contributed by atoms with van der Waals surface area (Å²) in [5.74, 6) is 2.71. The predicted molar refractivity (Wildman–Crippen MR) is 99.5 cm³/mol. The van der Waals surface area contributed by atoms with Gasteiger partial charge in [-0.1, -0.05) is 0 Å². The molecule has 5 nitrogen and oxygen atoms in total. The fourth-order valence-electron chi connectivity index (χ4n) is 6.55. The zero-order valence-corrected chi connectivity index (χ0v) is 16.2. The van der Waals surface area contributed by atoms with Gasteiger partial charge in [0.25, 0.3) is 0 Å². The molecule has 4 aliphatic carbocycles. The van der Waals surface area contributed by atoms with Crippen molar-refractivity contribution in [3.63, 3.8) is 0 Å². The number of nitrogens with zero attached hydrogens (tertiary/aromatic N) is 1. The minimum absolute atomic E-state index is 0.108. The third-order valence-corrected chi connectivity index (χ3v) is 7.28. The van der Waals surface area contributed by atoms with Crippen LogP contribution in [0.4, 0.5) is 0 Å². The minimum Gasteiger partial charge on any atom is -0.377 e. The van der Waals surface area contributed by atoms with Gasteiger partial charge in [0.2, 0.25) is 11.8 Å². The zero-order valence-electron chi connectivity index (χ0n) is 16.2. The molecule has 1 N–H and O–H groups in total. The van der Waals surface area contributed by atoms with E-state index in [9.17, 15) is 9.59 Å². The molecular formula is C21H34N2O3. The molecule has 0 aromatic heterocycles. The van der Waals surface area contributed by atoms with Crippen LogP contribution in [0.25, 0.3) is 0 Å². The molecule has 0 aromatic carbocycles. The molecule has 1 unspecified atom stereocenters. The van der Waals surface area contributed by atoms with E-state index in [-0.39, 0.29) is 23.3 Å². The Kier molecular flexibility index (Phi) is 5.27. The summed E-state index contributed by atoms with van der Waals surface area (Å²) in [6.45, 7) is 4.71. The smallest absolute Gasteiger partial charge is 0.226 e. The summed E-state index contributed by atoms with van der Waals surface area (Å²) in [5.41, 5.74) is -0.108. The van der Waals surface area contributed by atoms with Crippen molar-refractivity contribution in [3.05, 3.63) is 0 Å². The second-order valence-corrected chi connectivity index (χ2v) is 9.26. The monoisotopic (exact) mass is 362 g/mol. The maximum absolute atomic E-state index is 12.9. The van der Waals surface area contributed by atoms with Crippen molar-refractivity contribution in [2.24, 2.45) is 23.2 Å². The van der Waals surface area contributed by atoms with Gasteiger partial charge in [0.15, 0.2) is 0 Å². The average Bonchev–Trinajstić information content (AvgIpc) is 2.61. The predicted octanol–water partition coefficient (Wildman–Crippen LogP) is 2.74. The maximum Gasteiger partial charge on any atom is 0.226 e. The van der Waals surface area contributed by atoms with Gasteiger partial charge in [0.05, 0.1) is 6.10 Å². The van der Waals surface area contributed by atoms with Crippen molar-refractivity contribution < 1.29 is 14.3 Å².